The van der Waals surface area contributed by atoms with Crippen LogP contribution in [-0.2, 0) is 0 Å². The van der Waals surface area contributed by atoms with Crippen molar-refractivity contribution in [3.8, 4) is 0 Å². The fourth-order valence-corrected chi connectivity index (χ4v) is 3.20. The molecule has 2 N–H and O–H groups in total. The van der Waals surface area contributed by atoms with Crippen LogP contribution in [0.5, 0.6) is 0 Å². The lowest BCUT2D eigenvalue weighted by Crippen LogP contribution is -2.35. The summed E-state index contributed by atoms with van der Waals surface area (Å²) < 4.78 is 0. The summed E-state index contributed by atoms with van der Waals surface area (Å²) in [6.07, 6.45) is 5.14. The van der Waals surface area contributed by atoms with Gasteiger partial charge in [0, 0.05) is 16.2 Å². The van der Waals surface area contributed by atoms with Crippen LogP contribution in [0.15, 0.2) is 35.2 Å². The molecule has 1 aliphatic carbocycles. The molecule has 0 saturated heterocycles. The molecule has 1 aromatic carbocycles. The first kappa shape index (κ1) is 10.1. The van der Waals surface area contributed by atoms with Crippen molar-refractivity contribution in [1.82, 2.24) is 0 Å². The van der Waals surface area contributed by atoms with Gasteiger partial charge in [-0.15, -0.1) is 11.8 Å². The van der Waals surface area contributed by atoms with E-state index in [2.05, 4.69) is 30.3 Å². The molecular formula is C12H17NS. The molecule has 0 bridgehead atoms. The third-order valence-corrected chi connectivity index (χ3v) is 4.22. The Hall–Kier alpha value is -0.470. The molecule has 1 aromatic rings. The normalized spacial score (nSPS) is 27.5. The second-order valence-electron chi connectivity index (χ2n) is 3.92. The minimum atomic E-state index is 0.397. The van der Waals surface area contributed by atoms with Gasteiger partial charge in [-0.2, -0.15) is 0 Å². The van der Waals surface area contributed by atoms with E-state index in [4.69, 9.17) is 5.73 Å². The number of thioether (sulfide) groups is 1. The van der Waals surface area contributed by atoms with Gasteiger partial charge in [0.15, 0.2) is 0 Å². The summed E-state index contributed by atoms with van der Waals surface area (Å²) in [6.45, 7) is 0. The van der Waals surface area contributed by atoms with E-state index < -0.39 is 0 Å². The smallest absolute Gasteiger partial charge is 0.0246 e. The van der Waals surface area contributed by atoms with E-state index in [1.54, 1.807) is 0 Å². The highest BCUT2D eigenvalue weighted by Gasteiger charge is 2.22. The summed E-state index contributed by atoms with van der Waals surface area (Å²) in [6, 6.07) is 11.0. The zero-order valence-electron chi connectivity index (χ0n) is 8.36. The Morgan fingerprint density at radius 2 is 1.79 bits per heavy atom. The molecule has 0 spiro atoms. The van der Waals surface area contributed by atoms with E-state index >= 15 is 0 Å². The minimum Gasteiger partial charge on any atom is -0.327 e. The molecule has 2 unspecified atom stereocenters. The van der Waals surface area contributed by atoms with Crippen molar-refractivity contribution in [2.75, 3.05) is 0 Å². The Bertz CT molecular complexity index is 273. The van der Waals surface area contributed by atoms with Crippen molar-refractivity contribution in [3.05, 3.63) is 30.3 Å². The molecule has 0 amide bonds. The molecular weight excluding hydrogens is 190 g/mol. The lowest BCUT2D eigenvalue weighted by molar-refractivity contribution is 0.453. The molecule has 0 heterocycles. The van der Waals surface area contributed by atoms with E-state index in [0.717, 1.165) is 0 Å². The molecule has 0 aliphatic heterocycles. The maximum atomic E-state index is 6.11. The Morgan fingerprint density at radius 3 is 2.50 bits per heavy atom. The molecule has 1 saturated carbocycles. The molecule has 1 aliphatic rings. The minimum absolute atomic E-state index is 0.397. The largest absolute Gasteiger partial charge is 0.327 e. The fourth-order valence-electron chi connectivity index (χ4n) is 1.95. The number of hydrogen-bond donors (Lipinski definition) is 1. The standard InChI is InChI=1S/C12H17NS/c13-11-8-4-5-9-12(11)14-10-6-2-1-3-7-10/h1-3,6-7,11-12H,4-5,8-9,13H2. The van der Waals surface area contributed by atoms with Gasteiger partial charge in [0.05, 0.1) is 0 Å². The maximum Gasteiger partial charge on any atom is 0.0246 e. The fraction of sp³-hybridized carbons (Fsp3) is 0.500. The topological polar surface area (TPSA) is 26.0 Å². The van der Waals surface area contributed by atoms with E-state index in [1.807, 2.05) is 11.8 Å². The summed E-state index contributed by atoms with van der Waals surface area (Å²) in [5, 5.41) is 0.631. The van der Waals surface area contributed by atoms with Gasteiger partial charge in [-0.05, 0) is 25.0 Å². The predicted octanol–water partition coefficient (Wildman–Crippen LogP) is 3.05. The van der Waals surface area contributed by atoms with Crippen molar-refractivity contribution in [3.63, 3.8) is 0 Å². The van der Waals surface area contributed by atoms with Crippen LogP contribution in [0, 0.1) is 0 Å². The Morgan fingerprint density at radius 1 is 1.07 bits per heavy atom. The lowest BCUT2D eigenvalue weighted by atomic mass is 9.96. The van der Waals surface area contributed by atoms with E-state index in [1.165, 1.54) is 30.6 Å². The molecule has 76 valence electrons. The van der Waals surface area contributed by atoms with Crippen molar-refractivity contribution >= 4 is 11.8 Å². The molecule has 2 heteroatoms. The van der Waals surface area contributed by atoms with Crippen molar-refractivity contribution in [1.29, 1.82) is 0 Å². The van der Waals surface area contributed by atoms with Crippen LogP contribution in [-0.4, -0.2) is 11.3 Å². The van der Waals surface area contributed by atoms with Crippen molar-refractivity contribution in [2.24, 2.45) is 5.73 Å². The third-order valence-electron chi connectivity index (χ3n) is 2.78. The van der Waals surface area contributed by atoms with Crippen LogP contribution in [0.3, 0.4) is 0 Å². The highest BCUT2D eigenvalue weighted by molar-refractivity contribution is 8.00. The van der Waals surface area contributed by atoms with E-state index in [9.17, 15) is 0 Å². The number of nitrogens with two attached hydrogens (primary N) is 1. The number of benzene rings is 1. The van der Waals surface area contributed by atoms with Crippen LogP contribution in [0.2, 0.25) is 0 Å². The van der Waals surface area contributed by atoms with Crippen LogP contribution < -0.4 is 5.73 Å². The second-order valence-corrected chi connectivity index (χ2v) is 5.23. The van der Waals surface area contributed by atoms with Gasteiger partial charge in [-0.1, -0.05) is 31.0 Å². The first-order valence-corrected chi connectivity index (χ1v) is 6.21. The van der Waals surface area contributed by atoms with Gasteiger partial charge in [0.1, 0.15) is 0 Å². The van der Waals surface area contributed by atoms with Gasteiger partial charge in [0.25, 0.3) is 0 Å². The zero-order chi connectivity index (χ0) is 9.80. The van der Waals surface area contributed by atoms with E-state index in [0.29, 0.717) is 11.3 Å². The average molecular weight is 207 g/mol. The highest BCUT2D eigenvalue weighted by atomic mass is 32.2. The molecule has 1 nitrogen and oxygen atoms in total. The van der Waals surface area contributed by atoms with Gasteiger partial charge in [-0.25, -0.2) is 0 Å². The van der Waals surface area contributed by atoms with Crippen LogP contribution >= 0.6 is 11.8 Å². The summed E-state index contributed by atoms with van der Waals surface area (Å²) in [5.74, 6) is 0. The predicted molar refractivity (Wildman–Crippen MR) is 62.5 cm³/mol. The molecule has 14 heavy (non-hydrogen) atoms. The van der Waals surface area contributed by atoms with E-state index in [-0.39, 0.29) is 0 Å². The summed E-state index contributed by atoms with van der Waals surface area (Å²) in [7, 11) is 0. The molecule has 0 aromatic heterocycles. The first-order valence-electron chi connectivity index (χ1n) is 5.33. The van der Waals surface area contributed by atoms with Gasteiger partial charge >= 0.3 is 0 Å². The molecule has 2 atom stereocenters. The highest BCUT2D eigenvalue weighted by Crippen LogP contribution is 2.32. The second kappa shape index (κ2) is 4.85. The van der Waals surface area contributed by atoms with Gasteiger partial charge in [0.2, 0.25) is 0 Å². The zero-order valence-corrected chi connectivity index (χ0v) is 9.17. The maximum absolute atomic E-state index is 6.11. The Kier molecular flexibility index (Phi) is 3.49. The van der Waals surface area contributed by atoms with Gasteiger partial charge in [-0.3, -0.25) is 0 Å². The Balaban J connectivity index is 1.96. The quantitative estimate of drug-likeness (QED) is 0.806. The summed E-state index contributed by atoms with van der Waals surface area (Å²) in [5.41, 5.74) is 6.11. The lowest BCUT2D eigenvalue weighted by Gasteiger charge is -2.27. The van der Waals surface area contributed by atoms with Crippen molar-refractivity contribution in [2.45, 2.75) is 41.9 Å². The average Bonchev–Trinajstić information content (AvgIpc) is 2.23. The third kappa shape index (κ3) is 2.52. The first-order chi connectivity index (χ1) is 6.86. The molecule has 2 rings (SSSR count). The molecule has 0 radical (unpaired) electrons. The van der Waals surface area contributed by atoms with Gasteiger partial charge < -0.3 is 5.73 Å². The monoisotopic (exact) mass is 207 g/mol. The number of rotatable bonds is 2. The number of hydrogen-bond acceptors (Lipinski definition) is 2. The van der Waals surface area contributed by atoms with Crippen LogP contribution in [0.4, 0.5) is 0 Å². The van der Waals surface area contributed by atoms with Crippen LogP contribution in [0.1, 0.15) is 25.7 Å². The van der Waals surface area contributed by atoms with Crippen molar-refractivity contribution < 1.29 is 0 Å². The molecule has 1 fully saturated rings. The van der Waals surface area contributed by atoms with Crippen LogP contribution in [0.25, 0.3) is 0 Å². The summed E-state index contributed by atoms with van der Waals surface area (Å²) >= 11 is 1.95. The summed E-state index contributed by atoms with van der Waals surface area (Å²) in [4.78, 5) is 1.36. The SMILES string of the molecule is NC1CCCCC1Sc1ccccc1. The Labute approximate surface area is 90.1 Å².